The van der Waals surface area contributed by atoms with Crippen molar-refractivity contribution in [2.24, 2.45) is 0 Å². The standard InChI is InChI=1S/C20H22N4O3S2/c1-4-27-18(26)10-15-11-28-19(22-15)23-17(25)12-29-20-21-7-8-24(20)16-6-5-13(2)14(3)9-16/h5-9,11H,4,10,12H2,1-3H3,(H,22,23,25). The Morgan fingerprint density at radius 2 is 2.10 bits per heavy atom. The van der Waals surface area contributed by atoms with Crippen LogP contribution in [0.15, 0.2) is 41.1 Å². The summed E-state index contributed by atoms with van der Waals surface area (Å²) in [5.74, 6) is -0.305. The average Bonchev–Trinajstić information content (AvgIpc) is 3.32. The van der Waals surface area contributed by atoms with Gasteiger partial charge in [0.2, 0.25) is 5.91 Å². The third-order valence-electron chi connectivity index (χ3n) is 4.14. The summed E-state index contributed by atoms with van der Waals surface area (Å²) in [6, 6.07) is 6.21. The van der Waals surface area contributed by atoms with Crippen molar-refractivity contribution in [3.05, 3.63) is 52.8 Å². The van der Waals surface area contributed by atoms with E-state index in [4.69, 9.17) is 4.74 Å². The lowest BCUT2D eigenvalue weighted by Crippen LogP contribution is -2.14. The molecule has 29 heavy (non-hydrogen) atoms. The summed E-state index contributed by atoms with van der Waals surface area (Å²) in [4.78, 5) is 32.4. The van der Waals surface area contributed by atoms with Gasteiger partial charge in [0.25, 0.3) is 0 Å². The van der Waals surface area contributed by atoms with Crippen LogP contribution in [0.3, 0.4) is 0 Å². The summed E-state index contributed by atoms with van der Waals surface area (Å²) < 4.78 is 6.87. The number of hydrogen-bond acceptors (Lipinski definition) is 7. The zero-order chi connectivity index (χ0) is 20.8. The van der Waals surface area contributed by atoms with Crippen LogP contribution in [0.25, 0.3) is 5.69 Å². The number of imidazole rings is 1. The van der Waals surface area contributed by atoms with E-state index in [1.165, 1.54) is 34.2 Å². The second kappa shape index (κ2) is 9.71. The molecule has 2 heterocycles. The molecule has 0 fully saturated rings. The Kier molecular flexibility index (Phi) is 7.05. The molecule has 1 amide bonds. The van der Waals surface area contributed by atoms with Gasteiger partial charge in [-0.05, 0) is 44.0 Å². The Morgan fingerprint density at radius 3 is 2.86 bits per heavy atom. The molecule has 1 N–H and O–H groups in total. The van der Waals surface area contributed by atoms with Crippen molar-refractivity contribution in [1.82, 2.24) is 14.5 Å². The summed E-state index contributed by atoms with van der Waals surface area (Å²) in [5, 5.41) is 5.71. The summed E-state index contributed by atoms with van der Waals surface area (Å²) in [5.41, 5.74) is 4.03. The number of ether oxygens (including phenoxy) is 1. The molecule has 3 rings (SSSR count). The number of thiazole rings is 1. The van der Waals surface area contributed by atoms with Crippen LogP contribution in [0.5, 0.6) is 0 Å². The number of carbonyl (C=O) groups is 2. The number of hydrogen-bond donors (Lipinski definition) is 1. The second-order valence-electron chi connectivity index (χ2n) is 6.31. The predicted molar refractivity (Wildman–Crippen MR) is 115 cm³/mol. The van der Waals surface area contributed by atoms with E-state index in [9.17, 15) is 9.59 Å². The maximum atomic E-state index is 12.3. The average molecular weight is 431 g/mol. The van der Waals surface area contributed by atoms with Crippen LogP contribution in [0.1, 0.15) is 23.7 Å². The first kappa shape index (κ1) is 21.1. The van der Waals surface area contributed by atoms with Crippen LogP contribution in [-0.4, -0.2) is 38.8 Å². The first-order valence-electron chi connectivity index (χ1n) is 9.10. The minimum absolute atomic E-state index is 0.0996. The molecule has 0 aliphatic heterocycles. The van der Waals surface area contributed by atoms with Crippen molar-refractivity contribution in [3.8, 4) is 5.69 Å². The topological polar surface area (TPSA) is 86.1 Å². The molecular formula is C20H22N4O3S2. The number of nitrogens with one attached hydrogen (secondary N) is 1. The minimum atomic E-state index is -0.329. The van der Waals surface area contributed by atoms with E-state index in [2.05, 4.69) is 41.3 Å². The van der Waals surface area contributed by atoms with E-state index < -0.39 is 0 Å². The minimum Gasteiger partial charge on any atom is -0.466 e. The van der Waals surface area contributed by atoms with Gasteiger partial charge in [0.05, 0.1) is 24.5 Å². The normalized spacial score (nSPS) is 10.7. The highest BCUT2D eigenvalue weighted by Crippen LogP contribution is 2.23. The Balaban J connectivity index is 1.57. The molecule has 0 radical (unpaired) electrons. The fourth-order valence-electron chi connectivity index (χ4n) is 2.56. The molecule has 0 aliphatic rings. The maximum Gasteiger partial charge on any atom is 0.311 e. The molecule has 0 aliphatic carbocycles. The Morgan fingerprint density at radius 1 is 1.28 bits per heavy atom. The number of rotatable bonds is 8. The maximum absolute atomic E-state index is 12.3. The largest absolute Gasteiger partial charge is 0.466 e. The molecule has 0 atom stereocenters. The Labute approximate surface area is 177 Å². The Hall–Kier alpha value is -2.65. The second-order valence-corrected chi connectivity index (χ2v) is 8.11. The van der Waals surface area contributed by atoms with Gasteiger partial charge in [-0.3, -0.25) is 14.2 Å². The fourth-order valence-corrected chi connectivity index (χ4v) is 4.06. The van der Waals surface area contributed by atoms with E-state index in [1.807, 2.05) is 16.8 Å². The van der Waals surface area contributed by atoms with Gasteiger partial charge in [-0.15, -0.1) is 11.3 Å². The number of thioether (sulfide) groups is 1. The zero-order valence-corrected chi connectivity index (χ0v) is 18.1. The van der Waals surface area contributed by atoms with Crippen LogP contribution in [0, 0.1) is 13.8 Å². The highest BCUT2D eigenvalue weighted by atomic mass is 32.2. The lowest BCUT2D eigenvalue weighted by molar-refractivity contribution is -0.142. The SMILES string of the molecule is CCOC(=O)Cc1csc(NC(=O)CSc2nccn2-c2ccc(C)c(C)c2)n1. The third kappa shape index (κ3) is 5.68. The van der Waals surface area contributed by atoms with Gasteiger partial charge < -0.3 is 10.1 Å². The summed E-state index contributed by atoms with van der Waals surface area (Å²) in [6.07, 6.45) is 3.70. The quantitative estimate of drug-likeness (QED) is 0.432. The summed E-state index contributed by atoms with van der Waals surface area (Å²) >= 11 is 2.64. The predicted octanol–water partition coefficient (Wildman–Crippen LogP) is 3.78. The molecule has 1 aromatic carbocycles. The van der Waals surface area contributed by atoms with Gasteiger partial charge in [-0.2, -0.15) is 0 Å². The van der Waals surface area contributed by atoms with Crippen LogP contribution in [-0.2, 0) is 20.7 Å². The number of aryl methyl sites for hydroxylation is 2. The number of nitrogens with zero attached hydrogens (tertiary/aromatic N) is 3. The van der Waals surface area contributed by atoms with E-state index >= 15 is 0 Å². The van der Waals surface area contributed by atoms with Crippen LogP contribution in [0.4, 0.5) is 5.13 Å². The summed E-state index contributed by atoms with van der Waals surface area (Å²) in [6.45, 7) is 6.24. The van der Waals surface area contributed by atoms with E-state index in [0.29, 0.717) is 17.4 Å². The molecule has 9 heteroatoms. The van der Waals surface area contributed by atoms with Gasteiger partial charge in [0.15, 0.2) is 10.3 Å². The molecule has 7 nitrogen and oxygen atoms in total. The number of benzene rings is 1. The number of esters is 1. The number of aromatic nitrogens is 3. The highest BCUT2D eigenvalue weighted by Gasteiger charge is 2.13. The Bertz CT molecular complexity index is 1010. The molecule has 2 aromatic heterocycles. The number of carbonyl (C=O) groups excluding carboxylic acids is 2. The smallest absolute Gasteiger partial charge is 0.311 e. The van der Waals surface area contributed by atoms with E-state index in [-0.39, 0.29) is 24.1 Å². The lowest BCUT2D eigenvalue weighted by atomic mass is 10.1. The lowest BCUT2D eigenvalue weighted by Gasteiger charge is -2.09. The summed E-state index contributed by atoms with van der Waals surface area (Å²) in [7, 11) is 0. The molecule has 0 bridgehead atoms. The van der Waals surface area contributed by atoms with Gasteiger partial charge in [0, 0.05) is 23.5 Å². The van der Waals surface area contributed by atoms with Gasteiger partial charge in [-0.25, -0.2) is 9.97 Å². The van der Waals surface area contributed by atoms with Crippen molar-refractivity contribution in [3.63, 3.8) is 0 Å². The third-order valence-corrected chi connectivity index (χ3v) is 5.91. The van der Waals surface area contributed by atoms with Gasteiger partial charge in [0.1, 0.15) is 0 Å². The van der Waals surface area contributed by atoms with Gasteiger partial charge >= 0.3 is 5.97 Å². The van der Waals surface area contributed by atoms with Crippen molar-refractivity contribution in [1.29, 1.82) is 0 Å². The monoisotopic (exact) mass is 430 g/mol. The van der Waals surface area contributed by atoms with Gasteiger partial charge in [-0.1, -0.05) is 17.8 Å². The number of anilines is 1. The van der Waals surface area contributed by atoms with Crippen molar-refractivity contribution in [2.45, 2.75) is 32.3 Å². The zero-order valence-electron chi connectivity index (χ0n) is 16.5. The van der Waals surface area contributed by atoms with Crippen molar-refractivity contribution < 1.29 is 14.3 Å². The molecule has 3 aromatic rings. The molecule has 0 unspecified atom stereocenters. The van der Waals surface area contributed by atoms with Crippen molar-refractivity contribution in [2.75, 3.05) is 17.7 Å². The van der Waals surface area contributed by atoms with Crippen molar-refractivity contribution >= 4 is 40.1 Å². The first-order valence-corrected chi connectivity index (χ1v) is 11.0. The fraction of sp³-hybridized carbons (Fsp3) is 0.300. The van der Waals surface area contributed by atoms with E-state index in [0.717, 1.165) is 10.8 Å². The first-order chi connectivity index (χ1) is 14.0. The molecule has 152 valence electrons. The van der Waals surface area contributed by atoms with Crippen LogP contribution < -0.4 is 5.32 Å². The highest BCUT2D eigenvalue weighted by molar-refractivity contribution is 7.99. The van der Waals surface area contributed by atoms with Crippen LogP contribution in [0.2, 0.25) is 0 Å². The molecule has 0 saturated carbocycles. The van der Waals surface area contributed by atoms with Crippen LogP contribution >= 0.6 is 23.1 Å². The molecule has 0 saturated heterocycles. The number of amides is 1. The molecular weight excluding hydrogens is 408 g/mol. The van der Waals surface area contributed by atoms with E-state index in [1.54, 1.807) is 18.5 Å². The molecule has 0 spiro atoms.